The summed E-state index contributed by atoms with van der Waals surface area (Å²) in [5, 5.41) is 0.318. The molecular weight excluding hydrogens is 511 g/mol. The smallest absolute Gasteiger partial charge is 0.291 e. The van der Waals surface area contributed by atoms with Crippen LogP contribution in [0.3, 0.4) is 0 Å². The predicted octanol–water partition coefficient (Wildman–Crippen LogP) is 5.30. The molecule has 40 heavy (non-hydrogen) atoms. The number of ether oxygens (including phenoxy) is 1. The number of fused-ring (bicyclic) bond motifs is 5. The molecule has 3 aromatic carbocycles. The fourth-order valence-electron chi connectivity index (χ4n) is 5.88. The first-order valence-corrected chi connectivity index (χ1v) is 13.4. The van der Waals surface area contributed by atoms with Gasteiger partial charge in [-0.05, 0) is 63.1 Å². The van der Waals surface area contributed by atoms with Crippen LogP contribution in [0.2, 0.25) is 0 Å². The normalized spacial score (nSPS) is 17.9. The molecule has 0 aliphatic carbocycles. The summed E-state index contributed by atoms with van der Waals surface area (Å²) in [5.74, 6) is -1.42. The Morgan fingerprint density at radius 1 is 1.00 bits per heavy atom. The number of benzene rings is 3. The van der Waals surface area contributed by atoms with Gasteiger partial charge in [-0.15, -0.1) is 0 Å². The van der Waals surface area contributed by atoms with Crippen LogP contribution in [0.5, 0.6) is 0 Å². The second-order valence-electron chi connectivity index (χ2n) is 10.6. The molecule has 6 rings (SSSR count). The van der Waals surface area contributed by atoms with Crippen molar-refractivity contribution in [2.45, 2.75) is 45.4 Å². The number of nitrogens with zero attached hydrogens (tertiary/aromatic N) is 2. The molecule has 4 aromatic rings. The molecular formula is C32H29FN2O5. The summed E-state index contributed by atoms with van der Waals surface area (Å²) in [7, 11) is 0. The number of amides is 2. The maximum Gasteiger partial charge on any atom is 0.291 e. The van der Waals surface area contributed by atoms with Gasteiger partial charge in [0.15, 0.2) is 11.0 Å². The average Bonchev–Trinajstić information content (AvgIpc) is 3.32. The van der Waals surface area contributed by atoms with Crippen molar-refractivity contribution >= 4 is 28.5 Å². The molecule has 1 spiro atoms. The molecule has 0 saturated carbocycles. The number of rotatable bonds is 7. The maximum absolute atomic E-state index is 14.7. The van der Waals surface area contributed by atoms with Crippen molar-refractivity contribution in [1.82, 2.24) is 4.90 Å². The Morgan fingerprint density at radius 3 is 2.50 bits per heavy atom. The van der Waals surface area contributed by atoms with Crippen molar-refractivity contribution in [2.75, 3.05) is 18.1 Å². The molecule has 7 nitrogen and oxygen atoms in total. The van der Waals surface area contributed by atoms with Crippen molar-refractivity contribution in [2.24, 2.45) is 0 Å². The summed E-state index contributed by atoms with van der Waals surface area (Å²) >= 11 is 0. The van der Waals surface area contributed by atoms with E-state index in [2.05, 4.69) is 0 Å². The molecule has 2 aliphatic rings. The van der Waals surface area contributed by atoms with Gasteiger partial charge in [0.1, 0.15) is 11.4 Å². The third-order valence-corrected chi connectivity index (χ3v) is 7.62. The third-order valence-electron chi connectivity index (χ3n) is 7.62. The average molecular weight is 541 g/mol. The lowest BCUT2D eigenvalue weighted by Gasteiger charge is -2.34. The van der Waals surface area contributed by atoms with E-state index < -0.39 is 22.8 Å². The minimum atomic E-state index is -1.70. The first kappa shape index (κ1) is 26.0. The minimum Gasteiger partial charge on any atom is -0.450 e. The lowest BCUT2D eigenvalue weighted by Crippen LogP contribution is -2.53. The Balaban J connectivity index is 1.57. The first-order valence-electron chi connectivity index (χ1n) is 13.4. The van der Waals surface area contributed by atoms with Crippen LogP contribution in [0.4, 0.5) is 10.1 Å². The van der Waals surface area contributed by atoms with Gasteiger partial charge >= 0.3 is 0 Å². The van der Waals surface area contributed by atoms with Crippen molar-refractivity contribution in [3.8, 4) is 0 Å². The molecule has 0 N–H and O–H groups in total. The topological polar surface area (TPSA) is 80.1 Å². The number of carbonyl (C=O) groups is 2. The highest BCUT2D eigenvalue weighted by Crippen LogP contribution is 2.52. The van der Waals surface area contributed by atoms with E-state index in [9.17, 15) is 18.8 Å². The summed E-state index contributed by atoms with van der Waals surface area (Å²) in [6.45, 7) is 6.43. The molecule has 0 radical (unpaired) electrons. The van der Waals surface area contributed by atoms with Crippen LogP contribution in [-0.4, -0.2) is 36.0 Å². The van der Waals surface area contributed by atoms with Crippen LogP contribution in [0.1, 0.15) is 53.1 Å². The largest absolute Gasteiger partial charge is 0.450 e. The van der Waals surface area contributed by atoms with Gasteiger partial charge < -0.3 is 19.0 Å². The number of aryl methyl sites for hydroxylation is 1. The number of para-hydroxylation sites is 1. The van der Waals surface area contributed by atoms with E-state index in [1.807, 2.05) is 32.9 Å². The molecule has 1 unspecified atom stereocenters. The van der Waals surface area contributed by atoms with Gasteiger partial charge in [-0.3, -0.25) is 14.4 Å². The molecule has 204 valence electrons. The van der Waals surface area contributed by atoms with E-state index in [1.165, 1.54) is 17.0 Å². The van der Waals surface area contributed by atoms with Crippen molar-refractivity contribution in [3.05, 3.63) is 111 Å². The standard InChI is InChI=1S/C32H29FN2O5/c1-19(2)39-16-6-15-35-30(37)29-27(28(36)23-17-20(3)9-14-26(23)40-29)32(35)24-7-4-5-8-25(24)34(31(32)38)18-21-10-12-22(33)13-11-21/h4-5,7-14,17,19H,6,15-16,18H2,1-3H3. The van der Waals surface area contributed by atoms with Gasteiger partial charge in [0.05, 0.1) is 29.3 Å². The van der Waals surface area contributed by atoms with Crippen LogP contribution in [0.15, 0.2) is 75.9 Å². The second kappa shape index (κ2) is 9.71. The van der Waals surface area contributed by atoms with E-state index >= 15 is 0 Å². The van der Waals surface area contributed by atoms with E-state index in [0.29, 0.717) is 40.8 Å². The zero-order valence-electron chi connectivity index (χ0n) is 22.6. The van der Waals surface area contributed by atoms with Crippen LogP contribution < -0.4 is 10.3 Å². The molecule has 3 heterocycles. The lowest BCUT2D eigenvalue weighted by molar-refractivity contribution is -0.126. The minimum absolute atomic E-state index is 0.0114. The second-order valence-corrected chi connectivity index (χ2v) is 10.6. The van der Waals surface area contributed by atoms with Gasteiger partial charge in [-0.1, -0.05) is 42.0 Å². The molecule has 1 atom stereocenters. The molecule has 2 amide bonds. The number of anilines is 1. The van der Waals surface area contributed by atoms with Crippen LogP contribution in [0.25, 0.3) is 11.0 Å². The van der Waals surface area contributed by atoms with Crippen LogP contribution in [0, 0.1) is 12.7 Å². The summed E-state index contributed by atoms with van der Waals surface area (Å²) in [4.78, 5) is 46.0. The first-order chi connectivity index (χ1) is 19.2. The van der Waals surface area contributed by atoms with Crippen molar-refractivity contribution in [1.29, 1.82) is 0 Å². The van der Waals surface area contributed by atoms with Gasteiger partial charge in [-0.25, -0.2) is 4.39 Å². The molecule has 0 saturated heterocycles. The fourth-order valence-corrected chi connectivity index (χ4v) is 5.88. The third kappa shape index (κ3) is 3.85. The summed E-state index contributed by atoms with van der Waals surface area (Å²) < 4.78 is 25.5. The summed E-state index contributed by atoms with van der Waals surface area (Å²) in [5.41, 5.74) is 0.938. The highest BCUT2D eigenvalue weighted by atomic mass is 19.1. The van der Waals surface area contributed by atoms with Crippen LogP contribution >= 0.6 is 0 Å². The van der Waals surface area contributed by atoms with E-state index in [-0.39, 0.29) is 36.3 Å². The van der Waals surface area contributed by atoms with Gasteiger partial charge in [0.2, 0.25) is 5.76 Å². The fraction of sp³-hybridized carbons (Fsp3) is 0.281. The monoisotopic (exact) mass is 540 g/mol. The Hall–Kier alpha value is -4.30. The highest BCUT2D eigenvalue weighted by Gasteiger charge is 2.64. The highest BCUT2D eigenvalue weighted by molar-refractivity contribution is 6.17. The molecule has 1 aromatic heterocycles. The van der Waals surface area contributed by atoms with Crippen LogP contribution in [-0.2, 0) is 21.6 Å². The molecule has 2 aliphatic heterocycles. The number of halogens is 1. The Kier molecular flexibility index (Phi) is 6.30. The van der Waals surface area contributed by atoms with E-state index in [1.54, 1.807) is 47.4 Å². The molecule has 8 heteroatoms. The zero-order valence-corrected chi connectivity index (χ0v) is 22.6. The van der Waals surface area contributed by atoms with E-state index in [4.69, 9.17) is 9.15 Å². The van der Waals surface area contributed by atoms with E-state index in [0.717, 1.165) is 5.56 Å². The van der Waals surface area contributed by atoms with Gasteiger partial charge in [-0.2, -0.15) is 0 Å². The van der Waals surface area contributed by atoms with Gasteiger partial charge in [0, 0.05) is 18.7 Å². The Bertz CT molecular complexity index is 1710. The lowest BCUT2D eigenvalue weighted by atomic mass is 9.84. The molecule has 0 bridgehead atoms. The number of carbonyl (C=O) groups excluding carboxylic acids is 2. The maximum atomic E-state index is 14.7. The predicted molar refractivity (Wildman–Crippen MR) is 149 cm³/mol. The summed E-state index contributed by atoms with van der Waals surface area (Å²) in [6.07, 6.45) is 0.470. The zero-order chi connectivity index (χ0) is 28.2. The number of hydrogen-bond acceptors (Lipinski definition) is 5. The Morgan fingerprint density at radius 2 is 1.75 bits per heavy atom. The summed E-state index contributed by atoms with van der Waals surface area (Å²) in [6, 6.07) is 18.3. The molecule has 0 fully saturated rings. The number of hydrogen-bond donors (Lipinski definition) is 0. The van der Waals surface area contributed by atoms with Crippen molar-refractivity contribution < 1.29 is 23.1 Å². The quantitative estimate of drug-likeness (QED) is 0.297. The SMILES string of the molecule is Cc1ccc2oc3c(c(=O)c2c1)C1(C(=O)N(Cc2ccc(F)cc2)c2ccccc21)N(CCCOC(C)C)C3=O. The van der Waals surface area contributed by atoms with Gasteiger partial charge in [0.25, 0.3) is 11.8 Å². The van der Waals surface area contributed by atoms with Crippen molar-refractivity contribution in [3.63, 3.8) is 0 Å². The Labute approximate surface area is 230 Å².